The lowest BCUT2D eigenvalue weighted by molar-refractivity contribution is 0.0520. The second-order valence-corrected chi connectivity index (χ2v) is 5.86. The predicted octanol–water partition coefficient (Wildman–Crippen LogP) is 5.53. The lowest BCUT2D eigenvalue weighted by Gasteiger charge is -2.09. The Balaban J connectivity index is 2.02. The zero-order valence-electron chi connectivity index (χ0n) is 12.6. The molecule has 24 heavy (non-hydrogen) atoms. The van der Waals surface area contributed by atoms with Crippen molar-refractivity contribution in [3.05, 3.63) is 58.0 Å². The molecular formula is C17H13Cl2FN2O2. The summed E-state index contributed by atoms with van der Waals surface area (Å²) in [6.45, 7) is 2.01. The molecule has 2 aromatic carbocycles. The number of anilines is 2. The summed E-state index contributed by atoms with van der Waals surface area (Å²) in [5.41, 5.74) is 2.23. The van der Waals surface area contributed by atoms with Gasteiger partial charge in [0.1, 0.15) is 11.5 Å². The number of ether oxygens (including phenoxy) is 1. The molecule has 0 spiro atoms. The average Bonchev–Trinajstić information content (AvgIpc) is 3.00. The van der Waals surface area contributed by atoms with Gasteiger partial charge in [-0.1, -0.05) is 23.2 Å². The molecule has 4 nitrogen and oxygen atoms in total. The third-order valence-corrected chi connectivity index (χ3v) is 4.04. The summed E-state index contributed by atoms with van der Waals surface area (Å²) in [4.78, 5) is 14.9. The lowest BCUT2D eigenvalue weighted by Crippen LogP contribution is -2.04. The number of halogens is 3. The van der Waals surface area contributed by atoms with Gasteiger partial charge < -0.3 is 15.0 Å². The molecular weight excluding hydrogens is 354 g/mol. The SMILES string of the molecule is CCOC(=O)c1cc2c(Nc3ccc(F)c(Cl)c3)ccc(Cl)c2[nH]1. The Hall–Kier alpha value is -2.24. The predicted molar refractivity (Wildman–Crippen MR) is 94.0 cm³/mol. The molecule has 3 aromatic rings. The molecule has 0 radical (unpaired) electrons. The number of hydrogen-bond donors (Lipinski definition) is 2. The van der Waals surface area contributed by atoms with Crippen molar-refractivity contribution in [2.24, 2.45) is 0 Å². The van der Waals surface area contributed by atoms with E-state index in [1.165, 1.54) is 12.1 Å². The van der Waals surface area contributed by atoms with E-state index in [2.05, 4.69) is 10.3 Å². The number of hydrogen-bond acceptors (Lipinski definition) is 3. The second-order valence-electron chi connectivity index (χ2n) is 5.04. The summed E-state index contributed by atoms with van der Waals surface area (Å²) in [5.74, 6) is -0.949. The third-order valence-electron chi connectivity index (χ3n) is 3.44. The van der Waals surface area contributed by atoms with Gasteiger partial charge in [0.2, 0.25) is 0 Å². The average molecular weight is 367 g/mol. The van der Waals surface area contributed by atoms with Gasteiger partial charge in [-0.2, -0.15) is 0 Å². The second kappa shape index (κ2) is 6.71. The maximum atomic E-state index is 13.3. The van der Waals surface area contributed by atoms with Gasteiger partial charge in [0.15, 0.2) is 0 Å². The Morgan fingerprint density at radius 1 is 1.21 bits per heavy atom. The molecule has 0 aliphatic carbocycles. The first-order valence-corrected chi connectivity index (χ1v) is 7.95. The van der Waals surface area contributed by atoms with Crippen molar-refractivity contribution < 1.29 is 13.9 Å². The first-order chi connectivity index (χ1) is 11.5. The highest BCUT2D eigenvalue weighted by atomic mass is 35.5. The van der Waals surface area contributed by atoms with Gasteiger partial charge in [0, 0.05) is 16.8 Å². The van der Waals surface area contributed by atoms with Gasteiger partial charge in [-0.25, -0.2) is 9.18 Å². The highest BCUT2D eigenvalue weighted by Gasteiger charge is 2.15. The largest absolute Gasteiger partial charge is 0.461 e. The molecule has 0 fully saturated rings. The normalized spacial score (nSPS) is 10.8. The number of fused-ring (bicyclic) bond motifs is 1. The molecule has 0 saturated heterocycles. The minimum absolute atomic E-state index is 0.0199. The van der Waals surface area contributed by atoms with Crippen LogP contribution in [0.1, 0.15) is 17.4 Å². The lowest BCUT2D eigenvalue weighted by atomic mass is 10.2. The van der Waals surface area contributed by atoms with Crippen molar-refractivity contribution in [3.63, 3.8) is 0 Å². The van der Waals surface area contributed by atoms with E-state index in [0.717, 1.165) is 0 Å². The summed E-state index contributed by atoms with van der Waals surface area (Å²) < 4.78 is 18.3. The van der Waals surface area contributed by atoms with Crippen LogP contribution < -0.4 is 5.32 Å². The van der Waals surface area contributed by atoms with Crippen molar-refractivity contribution in [1.29, 1.82) is 0 Å². The number of esters is 1. The highest BCUT2D eigenvalue weighted by molar-refractivity contribution is 6.35. The van der Waals surface area contributed by atoms with E-state index in [4.69, 9.17) is 27.9 Å². The smallest absolute Gasteiger partial charge is 0.354 e. The standard InChI is InChI=1S/C17H13Cl2FN2O2/c1-2-24-17(23)15-8-10-14(6-4-11(18)16(10)22-15)21-9-3-5-13(20)12(19)7-9/h3-8,21-22H,2H2,1H3. The van der Waals surface area contributed by atoms with Gasteiger partial charge >= 0.3 is 5.97 Å². The van der Waals surface area contributed by atoms with Crippen LogP contribution in [0.15, 0.2) is 36.4 Å². The number of H-pyrrole nitrogens is 1. The van der Waals surface area contributed by atoms with Crippen LogP contribution in [0.4, 0.5) is 15.8 Å². The Bertz CT molecular complexity index is 924. The highest BCUT2D eigenvalue weighted by Crippen LogP contribution is 2.33. The third kappa shape index (κ3) is 3.18. The van der Waals surface area contributed by atoms with Gasteiger partial charge in [0.05, 0.1) is 22.2 Å². The Labute approximate surface area is 147 Å². The van der Waals surface area contributed by atoms with Crippen molar-refractivity contribution in [1.82, 2.24) is 4.98 Å². The maximum absolute atomic E-state index is 13.3. The van der Waals surface area contributed by atoms with Crippen molar-refractivity contribution in [3.8, 4) is 0 Å². The van der Waals surface area contributed by atoms with Crippen LogP contribution in [0, 0.1) is 5.82 Å². The fraction of sp³-hybridized carbons (Fsp3) is 0.118. The van der Waals surface area contributed by atoms with Crippen molar-refractivity contribution in [2.75, 3.05) is 11.9 Å². The molecule has 124 valence electrons. The Morgan fingerprint density at radius 3 is 2.71 bits per heavy atom. The molecule has 0 bridgehead atoms. The quantitative estimate of drug-likeness (QED) is 0.596. The maximum Gasteiger partial charge on any atom is 0.354 e. The molecule has 0 amide bonds. The van der Waals surface area contributed by atoms with E-state index in [0.29, 0.717) is 33.0 Å². The Kier molecular flexibility index (Phi) is 4.64. The van der Waals surface area contributed by atoms with E-state index in [1.54, 1.807) is 31.2 Å². The van der Waals surface area contributed by atoms with Gasteiger partial charge in [-0.15, -0.1) is 0 Å². The molecule has 0 atom stereocenters. The minimum atomic E-state index is -0.491. The number of aromatic amines is 1. The van der Waals surface area contributed by atoms with E-state index in [-0.39, 0.29) is 11.6 Å². The number of rotatable bonds is 4. The Morgan fingerprint density at radius 2 is 2.00 bits per heavy atom. The van der Waals surface area contributed by atoms with Crippen molar-refractivity contribution >= 4 is 51.4 Å². The van der Waals surface area contributed by atoms with Crippen LogP contribution in [0.2, 0.25) is 10.0 Å². The zero-order chi connectivity index (χ0) is 17.3. The number of carbonyl (C=O) groups is 1. The number of carbonyl (C=O) groups excluding carboxylic acids is 1. The first-order valence-electron chi connectivity index (χ1n) is 7.20. The molecule has 1 heterocycles. The monoisotopic (exact) mass is 366 g/mol. The van der Waals surface area contributed by atoms with Crippen LogP contribution in [0.5, 0.6) is 0 Å². The molecule has 0 saturated carbocycles. The summed E-state index contributed by atoms with van der Waals surface area (Å²) in [6.07, 6.45) is 0. The van der Waals surface area contributed by atoms with E-state index in [9.17, 15) is 9.18 Å². The molecule has 0 aliphatic rings. The van der Waals surface area contributed by atoms with Gasteiger partial charge in [-0.05, 0) is 43.3 Å². The molecule has 7 heteroatoms. The minimum Gasteiger partial charge on any atom is -0.461 e. The van der Waals surface area contributed by atoms with E-state index in [1.807, 2.05) is 0 Å². The summed E-state index contributed by atoms with van der Waals surface area (Å²) in [7, 11) is 0. The molecule has 1 aromatic heterocycles. The fourth-order valence-corrected chi connectivity index (χ4v) is 2.73. The summed E-state index contributed by atoms with van der Waals surface area (Å²) in [6, 6.07) is 9.45. The van der Waals surface area contributed by atoms with E-state index < -0.39 is 11.8 Å². The van der Waals surface area contributed by atoms with Gasteiger partial charge in [0.25, 0.3) is 0 Å². The number of aromatic nitrogens is 1. The topological polar surface area (TPSA) is 54.1 Å². The molecule has 0 aliphatic heterocycles. The van der Waals surface area contributed by atoms with Crippen LogP contribution in [0.3, 0.4) is 0 Å². The molecule has 0 unspecified atom stereocenters. The van der Waals surface area contributed by atoms with Crippen LogP contribution in [-0.4, -0.2) is 17.6 Å². The van der Waals surface area contributed by atoms with Gasteiger partial charge in [-0.3, -0.25) is 0 Å². The van der Waals surface area contributed by atoms with Crippen LogP contribution in [0.25, 0.3) is 10.9 Å². The number of nitrogens with one attached hydrogen (secondary N) is 2. The zero-order valence-corrected chi connectivity index (χ0v) is 14.1. The first kappa shape index (κ1) is 16.6. The molecule has 2 N–H and O–H groups in total. The van der Waals surface area contributed by atoms with E-state index >= 15 is 0 Å². The fourth-order valence-electron chi connectivity index (χ4n) is 2.34. The number of benzene rings is 2. The van der Waals surface area contributed by atoms with Crippen molar-refractivity contribution in [2.45, 2.75) is 6.92 Å². The summed E-state index contributed by atoms with van der Waals surface area (Å²) >= 11 is 12.0. The van der Waals surface area contributed by atoms with Crippen LogP contribution >= 0.6 is 23.2 Å². The van der Waals surface area contributed by atoms with Crippen LogP contribution in [-0.2, 0) is 4.74 Å². The molecule has 3 rings (SSSR count). The summed E-state index contributed by atoms with van der Waals surface area (Å²) in [5, 5.41) is 4.35.